The second kappa shape index (κ2) is 8.76. The summed E-state index contributed by atoms with van der Waals surface area (Å²) >= 11 is 1.44. The van der Waals surface area contributed by atoms with E-state index >= 15 is 0 Å². The maximum atomic E-state index is 12.1. The van der Waals surface area contributed by atoms with Crippen molar-refractivity contribution in [2.75, 3.05) is 18.5 Å². The fourth-order valence-electron chi connectivity index (χ4n) is 2.66. The minimum Gasteiger partial charge on any atom is -0.494 e. The number of benzene rings is 2. The molecule has 2 aromatic carbocycles. The van der Waals surface area contributed by atoms with Crippen molar-refractivity contribution >= 4 is 29.3 Å². The molecule has 1 aliphatic heterocycles. The SMILES string of the molecule is Cc1cccc(OCCCNC(=O)C[C@@H]2Sc3ccccc3NC2=O)c1. The van der Waals surface area contributed by atoms with Gasteiger partial charge in [0.25, 0.3) is 0 Å². The number of para-hydroxylation sites is 1. The van der Waals surface area contributed by atoms with Crippen molar-refractivity contribution in [2.24, 2.45) is 0 Å². The summed E-state index contributed by atoms with van der Waals surface area (Å²) in [4.78, 5) is 25.2. The minimum absolute atomic E-state index is 0.118. The van der Waals surface area contributed by atoms with Gasteiger partial charge in [0.05, 0.1) is 17.5 Å². The Kier molecular flexibility index (Phi) is 6.17. The van der Waals surface area contributed by atoms with Gasteiger partial charge in [-0.05, 0) is 43.2 Å². The third-order valence-corrected chi connectivity index (χ3v) is 5.25. The lowest BCUT2D eigenvalue weighted by atomic mass is 10.2. The van der Waals surface area contributed by atoms with Crippen molar-refractivity contribution in [1.29, 1.82) is 0 Å². The summed E-state index contributed by atoms with van der Waals surface area (Å²) in [5.41, 5.74) is 1.97. The summed E-state index contributed by atoms with van der Waals surface area (Å²) in [7, 11) is 0. The normalized spacial score (nSPS) is 15.7. The number of fused-ring (bicyclic) bond motifs is 1. The number of thioether (sulfide) groups is 1. The van der Waals surface area contributed by atoms with Crippen molar-refractivity contribution in [3.8, 4) is 5.75 Å². The van der Waals surface area contributed by atoms with Gasteiger partial charge in [-0.2, -0.15) is 0 Å². The van der Waals surface area contributed by atoms with Crippen LogP contribution < -0.4 is 15.4 Å². The van der Waals surface area contributed by atoms with Crippen LogP contribution in [0.1, 0.15) is 18.4 Å². The Hall–Kier alpha value is -2.47. The molecule has 0 saturated carbocycles. The van der Waals surface area contributed by atoms with E-state index < -0.39 is 5.25 Å². The van der Waals surface area contributed by atoms with Crippen LogP contribution in [0.2, 0.25) is 0 Å². The first-order chi connectivity index (χ1) is 12.6. The van der Waals surface area contributed by atoms with E-state index in [4.69, 9.17) is 4.74 Å². The summed E-state index contributed by atoms with van der Waals surface area (Å²) in [6, 6.07) is 15.5. The fourth-order valence-corrected chi connectivity index (χ4v) is 3.77. The molecule has 0 bridgehead atoms. The highest BCUT2D eigenvalue weighted by molar-refractivity contribution is 8.01. The Balaban J connectivity index is 1.37. The number of hydrogen-bond acceptors (Lipinski definition) is 4. The zero-order chi connectivity index (χ0) is 18.4. The molecule has 0 fully saturated rings. The van der Waals surface area contributed by atoms with Crippen LogP contribution in [0.4, 0.5) is 5.69 Å². The van der Waals surface area contributed by atoms with Crippen LogP contribution in [0.25, 0.3) is 0 Å². The molecular formula is C20H22N2O3S. The van der Waals surface area contributed by atoms with Crippen LogP contribution in [0.3, 0.4) is 0 Å². The van der Waals surface area contributed by atoms with Gasteiger partial charge in [0.1, 0.15) is 5.75 Å². The smallest absolute Gasteiger partial charge is 0.238 e. The minimum atomic E-state index is -0.395. The van der Waals surface area contributed by atoms with E-state index in [0.717, 1.165) is 21.9 Å². The summed E-state index contributed by atoms with van der Waals surface area (Å²) in [5, 5.41) is 5.32. The van der Waals surface area contributed by atoms with Gasteiger partial charge >= 0.3 is 0 Å². The summed E-state index contributed by atoms with van der Waals surface area (Å²) in [6.45, 7) is 3.08. The molecule has 1 aliphatic rings. The summed E-state index contributed by atoms with van der Waals surface area (Å²) < 4.78 is 5.66. The van der Waals surface area contributed by atoms with Gasteiger partial charge in [-0.1, -0.05) is 24.3 Å². The monoisotopic (exact) mass is 370 g/mol. The lowest BCUT2D eigenvalue weighted by molar-refractivity contribution is -0.124. The molecule has 0 aromatic heterocycles. The van der Waals surface area contributed by atoms with Crippen LogP contribution >= 0.6 is 11.8 Å². The third-order valence-electron chi connectivity index (χ3n) is 3.98. The largest absolute Gasteiger partial charge is 0.494 e. The Bertz CT molecular complexity index is 794. The van der Waals surface area contributed by atoms with E-state index in [2.05, 4.69) is 10.6 Å². The molecule has 0 saturated heterocycles. The fraction of sp³-hybridized carbons (Fsp3) is 0.300. The second-order valence-corrected chi connectivity index (χ2v) is 7.41. The lowest BCUT2D eigenvalue weighted by Crippen LogP contribution is -2.35. The van der Waals surface area contributed by atoms with Crippen LogP contribution in [0.15, 0.2) is 53.4 Å². The van der Waals surface area contributed by atoms with Crippen molar-refractivity contribution in [3.05, 3.63) is 54.1 Å². The molecule has 5 nitrogen and oxygen atoms in total. The molecule has 6 heteroatoms. The first kappa shape index (κ1) is 18.3. The molecule has 26 heavy (non-hydrogen) atoms. The highest BCUT2D eigenvalue weighted by atomic mass is 32.2. The Morgan fingerprint density at radius 3 is 2.92 bits per heavy atom. The highest BCUT2D eigenvalue weighted by Crippen LogP contribution is 2.36. The van der Waals surface area contributed by atoms with Gasteiger partial charge in [-0.25, -0.2) is 0 Å². The van der Waals surface area contributed by atoms with Gasteiger partial charge in [-0.3, -0.25) is 9.59 Å². The molecule has 1 atom stereocenters. The standard InChI is InChI=1S/C20H22N2O3S/c1-14-6-4-7-15(12-14)25-11-5-10-21-19(23)13-18-20(24)22-16-8-2-3-9-17(16)26-18/h2-4,6-9,12,18H,5,10-11,13H2,1H3,(H,21,23)(H,22,24)/t18-/m0/s1. The number of hydrogen-bond donors (Lipinski definition) is 2. The number of carbonyl (C=O) groups is 2. The maximum Gasteiger partial charge on any atom is 0.238 e. The van der Waals surface area contributed by atoms with Crippen LogP contribution in [-0.2, 0) is 9.59 Å². The van der Waals surface area contributed by atoms with Crippen LogP contribution in [-0.4, -0.2) is 30.2 Å². The quantitative estimate of drug-likeness (QED) is 0.733. The van der Waals surface area contributed by atoms with Crippen molar-refractivity contribution in [2.45, 2.75) is 29.9 Å². The Morgan fingerprint density at radius 1 is 1.23 bits per heavy atom. The van der Waals surface area contributed by atoms with Crippen molar-refractivity contribution in [3.63, 3.8) is 0 Å². The van der Waals surface area contributed by atoms with Gasteiger partial charge in [0.2, 0.25) is 11.8 Å². The first-order valence-corrected chi connectivity index (χ1v) is 9.52. The predicted molar refractivity (Wildman–Crippen MR) is 104 cm³/mol. The molecule has 2 aromatic rings. The van der Waals surface area contributed by atoms with Gasteiger partial charge in [0.15, 0.2) is 0 Å². The number of anilines is 1. The van der Waals surface area contributed by atoms with E-state index in [1.54, 1.807) is 0 Å². The average molecular weight is 370 g/mol. The topological polar surface area (TPSA) is 67.4 Å². The molecule has 2 N–H and O–H groups in total. The third kappa shape index (κ3) is 5.02. The molecule has 0 spiro atoms. The molecule has 0 aliphatic carbocycles. The van der Waals surface area contributed by atoms with E-state index in [1.807, 2.05) is 55.5 Å². The Morgan fingerprint density at radius 2 is 2.08 bits per heavy atom. The molecule has 2 amide bonds. The number of amides is 2. The van der Waals surface area contributed by atoms with E-state index in [-0.39, 0.29) is 18.2 Å². The summed E-state index contributed by atoms with van der Waals surface area (Å²) in [6.07, 6.45) is 0.885. The molecule has 136 valence electrons. The van der Waals surface area contributed by atoms with Gasteiger partial charge in [0, 0.05) is 17.9 Å². The maximum absolute atomic E-state index is 12.1. The van der Waals surface area contributed by atoms with Crippen LogP contribution in [0, 0.1) is 6.92 Å². The van der Waals surface area contributed by atoms with Gasteiger partial charge in [-0.15, -0.1) is 11.8 Å². The highest BCUT2D eigenvalue weighted by Gasteiger charge is 2.28. The first-order valence-electron chi connectivity index (χ1n) is 8.64. The molecular weight excluding hydrogens is 348 g/mol. The lowest BCUT2D eigenvalue weighted by Gasteiger charge is -2.23. The van der Waals surface area contributed by atoms with Crippen molar-refractivity contribution < 1.29 is 14.3 Å². The molecule has 0 unspecified atom stereocenters. The second-order valence-electron chi connectivity index (χ2n) is 6.16. The van der Waals surface area contributed by atoms with Gasteiger partial charge < -0.3 is 15.4 Å². The van der Waals surface area contributed by atoms with E-state index in [0.29, 0.717) is 19.6 Å². The number of rotatable bonds is 7. The van der Waals surface area contributed by atoms with E-state index in [1.165, 1.54) is 11.8 Å². The molecule has 3 rings (SSSR count). The zero-order valence-corrected chi connectivity index (χ0v) is 15.5. The number of carbonyl (C=O) groups excluding carboxylic acids is 2. The van der Waals surface area contributed by atoms with Crippen LogP contribution in [0.5, 0.6) is 5.75 Å². The molecule has 1 heterocycles. The average Bonchev–Trinajstić information content (AvgIpc) is 2.62. The van der Waals surface area contributed by atoms with Crippen molar-refractivity contribution in [1.82, 2.24) is 5.32 Å². The predicted octanol–water partition coefficient (Wildman–Crippen LogP) is 3.38. The Labute approximate surface area is 157 Å². The number of aryl methyl sites for hydroxylation is 1. The van der Waals surface area contributed by atoms with E-state index in [9.17, 15) is 9.59 Å². The zero-order valence-electron chi connectivity index (χ0n) is 14.7. The number of nitrogens with one attached hydrogen (secondary N) is 2. The summed E-state index contributed by atoms with van der Waals surface area (Å²) in [5.74, 6) is 0.601. The number of ether oxygens (including phenoxy) is 1. The molecule has 0 radical (unpaired) electrons.